The lowest BCUT2D eigenvalue weighted by molar-refractivity contribution is -0.121. The molecule has 0 fully saturated rings. The second-order valence-electron chi connectivity index (χ2n) is 3.63. The Morgan fingerprint density at radius 2 is 2.33 bits per heavy atom. The predicted molar refractivity (Wildman–Crippen MR) is 67.9 cm³/mol. The molecule has 96 valence electrons. The van der Waals surface area contributed by atoms with Gasteiger partial charge >= 0.3 is 0 Å². The van der Waals surface area contributed by atoms with Gasteiger partial charge in [-0.1, -0.05) is 5.92 Å². The molecule has 0 aliphatic carbocycles. The number of rotatable bonds is 5. The van der Waals surface area contributed by atoms with E-state index in [1.165, 1.54) is 25.3 Å². The Kier molecular flexibility index (Phi) is 5.00. The summed E-state index contributed by atoms with van der Waals surface area (Å²) in [6, 6.07) is 3.66. The Morgan fingerprint density at radius 3 is 2.94 bits per heavy atom. The average molecular weight is 250 g/mol. The Bertz CT molecular complexity index is 469. The van der Waals surface area contributed by atoms with Gasteiger partial charge in [-0.3, -0.25) is 4.79 Å². The second kappa shape index (κ2) is 6.50. The van der Waals surface area contributed by atoms with Crippen LogP contribution in [0.4, 0.5) is 10.1 Å². The fourth-order valence-electron chi connectivity index (χ4n) is 1.33. The molecular formula is C13H15FN2O2. The number of benzene rings is 1. The molecule has 1 atom stereocenters. The highest BCUT2D eigenvalue weighted by Gasteiger charge is 2.14. The van der Waals surface area contributed by atoms with Gasteiger partial charge < -0.3 is 15.4 Å². The largest absolute Gasteiger partial charge is 0.497 e. The zero-order valence-corrected chi connectivity index (χ0v) is 10.3. The molecule has 0 radical (unpaired) electrons. The van der Waals surface area contributed by atoms with Gasteiger partial charge in [0.1, 0.15) is 17.6 Å². The van der Waals surface area contributed by atoms with Gasteiger partial charge in [0.2, 0.25) is 5.91 Å². The average Bonchev–Trinajstić information content (AvgIpc) is 2.38. The molecule has 1 amide bonds. The summed E-state index contributed by atoms with van der Waals surface area (Å²) in [5.74, 6) is 2.05. The van der Waals surface area contributed by atoms with Crippen molar-refractivity contribution in [2.45, 2.75) is 13.0 Å². The first kappa shape index (κ1) is 13.8. The minimum Gasteiger partial charge on any atom is -0.497 e. The van der Waals surface area contributed by atoms with Crippen LogP contribution in [-0.2, 0) is 4.79 Å². The van der Waals surface area contributed by atoms with E-state index in [1.807, 2.05) is 0 Å². The van der Waals surface area contributed by atoms with E-state index in [2.05, 4.69) is 16.6 Å². The van der Waals surface area contributed by atoms with Gasteiger partial charge in [-0.05, 0) is 19.1 Å². The molecule has 18 heavy (non-hydrogen) atoms. The Morgan fingerprint density at radius 1 is 1.61 bits per heavy atom. The van der Waals surface area contributed by atoms with E-state index in [4.69, 9.17) is 11.2 Å². The number of methoxy groups -OCH3 is 1. The molecular weight excluding hydrogens is 235 g/mol. The number of amides is 1. The molecule has 4 nitrogen and oxygen atoms in total. The highest BCUT2D eigenvalue weighted by Crippen LogP contribution is 2.21. The fourth-order valence-corrected chi connectivity index (χ4v) is 1.33. The molecule has 0 aliphatic rings. The fraction of sp³-hybridized carbons (Fsp3) is 0.308. The predicted octanol–water partition coefficient (Wildman–Crippen LogP) is 1.38. The van der Waals surface area contributed by atoms with Crippen LogP contribution in [-0.4, -0.2) is 25.6 Å². The first-order chi connectivity index (χ1) is 8.58. The quantitative estimate of drug-likeness (QED) is 0.776. The van der Waals surface area contributed by atoms with Gasteiger partial charge in [-0.15, -0.1) is 6.42 Å². The Labute approximate surface area is 106 Å². The number of terminal acetylenes is 1. The van der Waals surface area contributed by atoms with Crippen molar-refractivity contribution in [2.24, 2.45) is 0 Å². The third-order valence-corrected chi connectivity index (χ3v) is 2.30. The first-order valence-electron chi connectivity index (χ1n) is 5.39. The van der Waals surface area contributed by atoms with E-state index in [1.54, 1.807) is 6.92 Å². The van der Waals surface area contributed by atoms with Crippen LogP contribution in [0.15, 0.2) is 18.2 Å². The number of nitrogens with one attached hydrogen (secondary N) is 2. The van der Waals surface area contributed by atoms with E-state index in [0.717, 1.165) is 0 Å². The highest BCUT2D eigenvalue weighted by atomic mass is 19.1. The molecule has 0 saturated carbocycles. The van der Waals surface area contributed by atoms with Gasteiger partial charge in [-0.2, -0.15) is 0 Å². The van der Waals surface area contributed by atoms with Crippen molar-refractivity contribution in [1.82, 2.24) is 5.32 Å². The Balaban J connectivity index is 2.72. The molecule has 0 heterocycles. The van der Waals surface area contributed by atoms with E-state index in [9.17, 15) is 9.18 Å². The molecule has 0 aliphatic heterocycles. The maximum atomic E-state index is 13.5. The van der Waals surface area contributed by atoms with Crippen molar-refractivity contribution in [3.63, 3.8) is 0 Å². The van der Waals surface area contributed by atoms with E-state index in [0.29, 0.717) is 5.75 Å². The van der Waals surface area contributed by atoms with Gasteiger partial charge in [0.05, 0.1) is 19.3 Å². The maximum Gasteiger partial charge on any atom is 0.242 e. The third-order valence-electron chi connectivity index (χ3n) is 2.30. The second-order valence-corrected chi connectivity index (χ2v) is 3.63. The van der Waals surface area contributed by atoms with Gasteiger partial charge in [0.25, 0.3) is 0 Å². The lowest BCUT2D eigenvalue weighted by atomic mass is 10.2. The molecule has 2 N–H and O–H groups in total. The minimum absolute atomic E-state index is 0.144. The number of halogens is 1. The standard InChI is InChI=1S/C13H15FN2O2/c1-4-7-15-13(17)9(2)16-12-8-10(18-3)5-6-11(12)14/h1,5-6,8-9,16H,7H2,2-3H3,(H,15,17). The molecule has 0 saturated heterocycles. The summed E-state index contributed by atoms with van der Waals surface area (Å²) in [4.78, 5) is 11.5. The number of ether oxygens (including phenoxy) is 1. The topological polar surface area (TPSA) is 50.4 Å². The van der Waals surface area contributed by atoms with Gasteiger partial charge in [-0.25, -0.2) is 4.39 Å². The van der Waals surface area contributed by atoms with E-state index in [-0.39, 0.29) is 18.1 Å². The highest BCUT2D eigenvalue weighted by molar-refractivity contribution is 5.84. The van der Waals surface area contributed by atoms with Crippen LogP contribution in [0.5, 0.6) is 5.75 Å². The van der Waals surface area contributed by atoms with Crippen LogP contribution >= 0.6 is 0 Å². The number of hydrogen-bond acceptors (Lipinski definition) is 3. The van der Waals surface area contributed by atoms with Crippen molar-refractivity contribution in [2.75, 3.05) is 19.0 Å². The van der Waals surface area contributed by atoms with Crippen molar-refractivity contribution in [3.05, 3.63) is 24.0 Å². The summed E-state index contributed by atoms with van der Waals surface area (Å²) >= 11 is 0. The van der Waals surface area contributed by atoms with Gasteiger partial charge in [0.15, 0.2) is 0 Å². The van der Waals surface area contributed by atoms with Crippen LogP contribution in [0.3, 0.4) is 0 Å². The van der Waals surface area contributed by atoms with E-state index >= 15 is 0 Å². The first-order valence-corrected chi connectivity index (χ1v) is 5.39. The molecule has 0 aromatic heterocycles. The maximum absolute atomic E-state index is 13.5. The SMILES string of the molecule is C#CCNC(=O)C(C)Nc1cc(OC)ccc1F. The van der Waals surface area contributed by atoms with Crippen LogP contribution in [0, 0.1) is 18.2 Å². The monoisotopic (exact) mass is 250 g/mol. The minimum atomic E-state index is -0.597. The van der Waals surface area contributed by atoms with Crippen molar-refractivity contribution < 1.29 is 13.9 Å². The van der Waals surface area contributed by atoms with Crippen molar-refractivity contribution in [3.8, 4) is 18.1 Å². The molecule has 1 aromatic rings. The normalized spacial score (nSPS) is 11.2. The number of hydrogen-bond donors (Lipinski definition) is 2. The lowest BCUT2D eigenvalue weighted by Crippen LogP contribution is -2.37. The van der Waals surface area contributed by atoms with Crippen LogP contribution in [0.25, 0.3) is 0 Å². The molecule has 0 spiro atoms. The third kappa shape index (κ3) is 3.67. The van der Waals surface area contributed by atoms with Crippen molar-refractivity contribution in [1.29, 1.82) is 0 Å². The van der Waals surface area contributed by atoms with Crippen LogP contribution < -0.4 is 15.4 Å². The molecule has 1 aromatic carbocycles. The van der Waals surface area contributed by atoms with Crippen LogP contribution in [0.2, 0.25) is 0 Å². The summed E-state index contributed by atoms with van der Waals surface area (Å²) in [5, 5.41) is 5.27. The number of anilines is 1. The summed E-state index contributed by atoms with van der Waals surface area (Å²) < 4.78 is 18.5. The molecule has 1 rings (SSSR count). The Hall–Kier alpha value is -2.22. The number of carbonyl (C=O) groups excluding carboxylic acids is 1. The zero-order chi connectivity index (χ0) is 13.5. The van der Waals surface area contributed by atoms with Crippen molar-refractivity contribution >= 4 is 11.6 Å². The summed E-state index contributed by atoms with van der Waals surface area (Å²) in [6.45, 7) is 1.76. The smallest absolute Gasteiger partial charge is 0.242 e. The lowest BCUT2D eigenvalue weighted by Gasteiger charge is -2.15. The van der Waals surface area contributed by atoms with Gasteiger partial charge in [0, 0.05) is 6.07 Å². The molecule has 0 bridgehead atoms. The molecule has 1 unspecified atom stereocenters. The summed E-state index contributed by atoms with van der Waals surface area (Å²) in [7, 11) is 1.49. The molecule has 5 heteroatoms. The summed E-state index contributed by atoms with van der Waals surface area (Å²) in [6.07, 6.45) is 5.03. The summed E-state index contributed by atoms with van der Waals surface area (Å²) in [5.41, 5.74) is 0.206. The van der Waals surface area contributed by atoms with E-state index < -0.39 is 11.9 Å². The van der Waals surface area contributed by atoms with Crippen LogP contribution in [0.1, 0.15) is 6.92 Å². The zero-order valence-electron chi connectivity index (χ0n) is 10.3. The number of carbonyl (C=O) groups is 1.